The summed E-state index contributed by atoms with van der Waals surface area (Å²) in [5, 5.41) is 4.93. The highest BCUT2D eigenvalue weighted by molar-refractivity contribution is 5.94. The van der Waals surface area contributed by atoms with Gasteiger partial charge < -0.3 is 15.2 Å². The number of benzene rings is 2. The lowest BCUT2D eigenvalue weighted by Gasteiger charge is -2.26. The van der Waals surface area contributed by atoms with Gasteiger partial charge in [0.2, 0.25) is 0 Å². The fraction of sp³-hybridized carbons (Fsp3) is 0.364. The van der Waals surface area contributed by atoms with Gasteiger partial charge in [0.15, 0.2) is 0 Å². The molecule has 4 heteroatoms. The van der Waals surface area contributed by atoms with Gasteiger partial charge >= 0.3 is 0 Å². The van der Waals surface area contributed by atoms with Gasteiger partial charge in [0.1, 0.15) is 5.82 Å². The zero-order chi connectivity index (χ0) is 18.5. The van der Waals surface area contributed by atoms with Crippen LogP contribution in [0.15, 0.2) is 36.4 Å². The molecule has 3 nitrogen and oxygen atoms in total. The van der Waals surface area contributed by atoms with Crippen molar-refractivity contribution in [2.45, 2.75) is 32.4 Å². The monoisotopic (exact) mass is 351 g/mol. The Hall–Kier alpha value is -2.17. The van der Waals surface area contributed by atoms with Crippen molar-refractivity contribution in [1.29, 1.82) is 0 Å². The first-order valence-electron chi connectivity index (χ1n) is 9.19. The first-order chi connectivity index (χ1) is 12.4. The molecule has 0 saturated carbocycles. The first kappa shape index (κ1) is 17.3. The van der Waals surface area contributed by atoms with Crippen molar-refractivity contribution in [1.82, 2.24) is 15.2 Å². The zero-order valence-electron chi connectivity index (χ0n) is 15.9. The molecule has 4 rings (SSSR count). The summed E-state index contributed by atoms with van der Waals surface area (Å²) < 4.78 is 14.6. The van der Waals surface area contributed by atoms with Gasteiger partial charge in [-0.2, -0.15) is 0 Å². The lowest BCUT2D eigenvalue weighted by molar-refractivity contribution is 0.392. The van der Waals surface area contributed by atoms with Gasteiger partial charge in [0.05, 0.1) is 0 Å². The number of hydrogen-bond acceptors (Lipinski definition) is 2. The smallest absolute Gasteiger partial charge is 0.128 e. The second-order valence-corrected chi connectivity index (χ2v) is 8.05. The normalized spacial score (nSPS) is 16.2. The van der Waals surface area contributed by atoms with E-state index in [-0.39, 0.29) is 11.4 Å². The molecule has 2 N–H and O–H groups in total. The van der Waals surface area contributed by atoms with Crippen LogP contribution in [0.4, 0.5) is 4.39 Å². The van der Waals surface area contributed by atoms with Crippen molar-refractivity contribution < 1.29 is 4.39 Å². The van der Waals surface area contributed by atoms with Crippen molar-refractivity contribution in [3.63, 3.8) is 0 Å². The molecule has 1 aliphatic rings. The molecule has 1 aliphatic heterocycles. The van der Waals surface area contributed by atoms with Crippen molar-refractivity contribution in [3.05, 3.63) is 58.9 Å². The van der Waals surface area contributed by atoms with Gasteiger partial charge in [-0.3, -0.25) is 0 Å². The summed E-state index contributed by atoms with van der Waals surface area (Å²) in [6, 6.07) is 12.0. The highest BCUT2D eigenvalue weighted by Gasteiger charge is 2.28. The van der Waals surface area contributed by atoms with Gasteiger partial charge in [-0.05, 0) is 57.6 Å². The molecule has 2 heterocycles. The number of H-pyrrole nitrogens is 1. The summed E-state index contributed by atoms with van der Waals surface area (Å²) >= 11 is 0. The summed E-state index contributed by atoms with van der Waals surface area (Å²) in [7, 11) is 3.91. The van der Waals surface area contributed by atoms with Crippen LogP contribution in [-0.2, 0) is 18.5 Å². The number of hydrogen-bond donors (Lipinski definition) is 2. The average Bonchev–Trinajstić information content (AvgIpc) is 2.88. The fourth-order valence-electron chi connectivity index (χ4n) is 4.10. The molecular weight excluding hydrogens is 325 g/mol. The molecular formula is C22H26FN3. The van der Waals surface area contributed by atoms with E-state index in [1.807, 2.05) is 31.1 Å². The Balaban J connectivity index is 1.88. The Morgan fingerprint density at radius 1 is 1.15 bits per heavy atom. The van der Waals surface area contributed by atoms with Gasteiger partial charge in [-0.25, -0.2) is 4.39 Å². The SMILES string of the molecule is CN(C)Cc1ccc(-c2[nH]c3cccc4c3c2CCNC4(C)C)cc1F. The van der Waals surface area contributed by atoms with Crippen molar-refractivity contribution >= 4 is 10.9 Å². The third-order valence-corrected chi connectivity index (χ3v) is 5.37. The van der Waals surface area contributed by atoms with E-state index in [4.69, 9.17) is 0 Å². The van der Waals surface area contributed by atoms with Gasteiger partial charge in [-0.1, -0.05) is 24.3 Å². The second-order valence-electron chi connectivity index (χ2n) is 8.05. The van der Waals surface area contributed by atoms with Crippen LogP contribution in [0.25, 0.3) is 22.2 Å². The Morgan fingerprint density at radius 3 is 2.69 bits per heavy atom. The zero-order valence-corrected chi connectivity index (χ0v) is 15.9. The predicted octanol–water partition coefficient (Wildman–Crippen LogP) is 4.42. The van der Waals surface area contributed by atoms with Gasteiger partial charge in [0.25, 0.3) is 0 Å². The van der Waals surface area contributed by atoms with Gasteiger partial charge in [-0.15, -0.1) is 0 Å². The quantitative estimate of drug-likeness (QED) is 0.732. The van der Waals surface area contributed by atoms with E-state index in [1.165, 1.54) is 16.5 Å². The number of halogens is 1. The summed E-state index contributed by atoms with van der Waals surface area (Å²) in [5.74, 6) is -0.144. The summed E-state index contributed by atoms with van der Waals surface area (Å²) in [4.78, 5) is 5.54. The minimum atomic E-state index is -0.144. The summed E-state index contributed by atoms with van der Waals surface area (Å²) in [5.41, 5.74) is 6.32. The maximum absolute atomic E-state index is 14.6. The van der Waals surface area contributed by atoms with Crippen LogP contribution in [0.3, 0.4) is 0 Å². The van der Waals surface area contributed by atoms with Crippen molar-refractivity contribution in [3.8, 4) is 11.3 Å². The molecule has 1 aromatic heterocycles. The lowest BCUT2D eigenvalue weighted by Crippen LogP contribution is -2.36. The minimum Gasteiger partial charge on any atom is -0.354 e. The molecule has 0 atom stereocenters. The van der Waals surface area contributed by atoms with E-state index >= 15 is 0 Å². The highest BCUT2D eigenvalue weighted by atomic mass is 19.1. The Morgan fingerprint density at radius 2 is 1.96 bits per heavy atom. The van der Waals surface area contributed by atoms with Crippen LogP contribution < -0.4 is 5.32 Å². The summed E-state index contributed by atoms with van der Waals surface area (Å²) in [6.07, 6.45) is 0.927. The maximum atomic E-state index is 14.6. The molecule has 0 radical (unpaired) electrons. The molecule has 0 fully saturated rings. The van der Waals surface area contributed by atoms with E-state index in [1.54, 1.807) is 6.07 Å². The minimum absolute atomic E-state index is 0.0783. The number of rotatable bonds is 3. The molecule has 0 amide bonds. The largest absolute Gasteiger partial charge is 0.354 e. The molecule has 26 heavy (non-hydrogen) atoms. The highest BCUT2D eigenvalue weighted by Crippen LogP contribution is 2.38. The predicted molar refractivity (Wildman–Crippen MR) is 106 cm³/mol. The van der Waals surface area contributed by atoms with E-state index in [9.17, 15) is 4.39 Å². The maximum Gasteiger partial charge on any atom is 0.128 e. The van der Waals surface area contributed by atoms with Crippen LogP contribution in [0.5, 0.6) is 0 Å². The Labute approximate surface area is 154 Å². The molecule has 136 valence electrons. The second kappa shape index (κ2) is 6.22. The van der Waals surface area contributed by atoms with Crippen LogP contribution in [-0.4, -0.2) is 30.5 Å². The van der Waals surface area contributed by atoms with Gasteiger partial charge in [0, 0.05) is 46.4 Å². The van der Waals surface area contributed by atoms with Crippen LogP contribution in [0.1, 0.15) is 30.5 Å². The first-order valence-corrected chi connectivity index (χ1v) is 9.19. The van der Waals surface area contributed by atoms with E-state index in [0.29, 0.717) is 6.54 Å². The van der Waals surface area contributed by atoms with Crippen molar-refractivity contribution in [2.75, 3.05) is 20.6 Å². The average molecular weight is 351 g/mol. The summed E-state index contributed by atoms with van der Waals surface area (Å²) in [6.45, 7) is 5.95. The molecule has 2 aromatic carbocycles. The molecule has 0 unspecified atom stereocenters. The molecule has 0 bridgehead atoms. The number of nitrogens with one attached hydrogen (secondary N) is 2. The Bertz CT molecular complexity index is 969. The molecule has 0 saturated heterocycles. The molecule has 0 spiro atoms. The third kappa shape index (κ3) is 2.83. The number of nitrogens with zero attached hydrogens (tertiary/aromatic N) is 1. The van der Waals surface area contributed by atoms with E-state index in [0.717, 1.165) is 35.3 Å². The number of aromatic amines is 1. The fourth-order valence-corrected chi connectivity index (χ4v) is 4.10. The Kier molecular flexibility index (Phi) is 4.13. The lowest BCUT2D eigenvalue weighted by atomic mass is 9.90. The third-order valence-electron chi connectivity index (χ3n) is 5.37. The topological polar surface area (TPSA) is 31.1 Å². The van der Waals surface area contributed by atoms with Crippen molar-refractivity contribution in [2.24, 2.45) is 0 Å². The van der Waals surface area contributed by atoms with E-state index < -0.39 is 0 Å². The molecule has 3 aromatic rings. The standard InChI is InChI=1S/C22H26FN3/c1-22(2)17-6-5-7-19-20(17)16(10-11-24-22)21(25-19)14-8-9-15(13-26(3)4)18(23)12-14/h5-9,12,24-25H,10-11,13H2,1-4H3. The van der Waals surface area contributed by atoms with Crippen LogP contribution >= 0.6 is 0 Å². The molecule has 0 aliphatic carbocycles. The number of aromatic nitrogens is 1. The van der Waals surface area contributed by atoms with Crippen LogP contribution in [0, 0.1) is 5.82 Å². The van der Waals surface area contributed by atoms with E-state index in [2.05, 4.69) is 42.3 Å². The van der Waals surface area contributed by atoms with Crippen LogP contribution in [0.2, 0.25) is 0 Å².